The zero-order valence-electron chi connectivity index (χ0n) is 12.6. The molecule has 2 nitrogen and oxygen atoms in total. The largest absolute Gasteiger partial charge is 0.484 e. The number of hydrogen-bond donors (Lipinski definition) is 0. The van der Waals surface area contributed by atoms with Crippen molar-refractivity contribution >= 4 is 6.70 Å². The van der Waals surface area contributed by atoms with Crippen LogP contribution in [0.3, 0.4) is 0 Å². The maximum absolute atomic E-state index is 11.7. The summed E-state index contributed by atoms with van der Waals surface area (Å²) in [4.78, 5) is 0. The molecule has 130 valence electrons. The molecule has 0 saturated carbocycles. The summed E-state index contributed by atoms with van der Waals surface area (Å²) in [5.41, 5.74) is 0. The maximum Gasteiger partial charge on any atom is 0.484 e. The topological polar surface area (TPSA) is 23.8 Å². The quantitative estimate of drug-likeness (QED) is 0.429. The van der Waals surface area contributed by atoms with Crippen molar-refractivity contribution in [1.29, 1.82) is 5.26 Å². The molecule has 1 aliphatic rings. The van der Waals surface area contributed by atoms with Crippen LogP contribution in [0.25, 0.3) is 0 Å². The van der Waals surface area contributed by atoms with E-state index in [1.807, 2.05) is 0 Å². The third-order valence-corrected chi connectivity index (χ3v) is 3.69. The molecular weight excluding hydrogens is 316 g/mol. The van der Waals surface area contributed by atoms with Gasteiger partial charge in [-0.25, -0.2) is 14.0 Å². The van der Waals surface area contributed by atoms with Crippen LogP contribution in [0.5, 0.6) is 0 Å². The van der Waals surface area contributed by atoms with Crippen LogP contribution >= 0.6 is 0 Å². The van der Waals surface area contributed by atoms with E-state index in [-0.39, 0.29) is 5.97 Å². The molecule has 0 amide bonds. The molecule has 0 N–H and O–H groups in total. The SMILES string of the molecule is CCCC[N+]1(C)CCCC1.N#C[B-](F)(F)C(F)(F)C(F)(F)F. The first kappa shape index (κ1) is 21.0. The van der Waals surface area contributed by atoms with E-state index in [1.54, 1.807) is 0 Å². The molecule has 0 aromatic carbocycles. The Hall–Kier alpha value is -0.975. The Morgan fingerprint density at radius 2 is 1.55 bits per heavy atom. The van der Waals surface area contributed by atoms with Crippen molar-refractivity contribution in [3.05, 3.63) is 0 Å². The molecule has 1 saturated heterocycles. The average molecular weight is 336 g/mol. The number of hydrogen-bond acceptors (Lipinski definition) is 1. The normalized spacial score (nSPS) is 18.4. The summed E-state index contributed by atoms with van der Waals surface area (Å²) in [5, 5.41) is 7.34. The second-order valence-corrected chi connectivity index (χ2v) is 5.76. The van der Waals surface area contributed by atoms with Crippen molar-refractivity contribution in [2.24, 2.45) is 0 Å². The standard InChI is InChI=1S/C9H20N.C3BF7N/c1-3-4-7-10(2)8-5-6-9-10;5-2(6,3(7,8)9)4(10,11)1-12/h3-9H2,1-2H3;/q+1;-1. The molecule has 0 bridgehead atoms. The fourth-order valence-electron chi connectivity index (χ4n) is 2.15. The van der Waals surface area contributed by atoms with Gasteiger partial charge in [-0.3, -0.25) is 0 Å². The Kier molecular flexibility index (Phi) is 7.20. The highest BCUT2D eigenvalue weighted by atomic mass is 19.4. The summed E-state index contributed by atoms with van der Waals surface area (Å²) < 4.78 is 81.4. The molecule has 22 heavy (non-hydrogen) atoms. The number of likely N-dealkylation sites (tertiary alicyclic amines) is 1. The van der Waals surface area contributed by atoms with Crippen molar-refractivity contribution in [2.45, 2.75) is 44.6 Å². The fourth-order valence-corrected chi connectivity index (χ4v) is 2.15. The Morgan fingerprint density at radius 3 is 1.82 bits per heavy atom. The second-order valence-electron chi connectivity index (χ2n) is 5.76. The van der Waals surface area contributed by atoms with Gasteiger partial charge in [-0.1, -0.05) is 19.3 Å². The van der Waals surface area contributed by atoms with E-state index in [2.05, 4.69) is 14.0 Å². The van der Waals surface area contributed by atoms with Gasteiger partial charge < -0.3 is 13.1 Å². The average Bonchev–Trinajstić information content (AvgIpc) is 2.83. The number of nitriles is 1. The summed E-state index contributed by atoms with van der Waals surface area (Å²) in [6, 6.07) is 0. The third-order valence-electron chi connectivity index (χ3n) is 3.69. The number of rotatable bonds is 4. The zero-order valence-corrected chi connectivity index (χ0v) is 12.6. The van der Waals surface area contributed by atoms with E-state index in [0.717, 1.165) is 0 Å². The van der Waals surface area contributed by atoms with Crippen LogP contribution < -0.4 is 0 Å². The Balaban J connectivity index is 0.000000406. The Morgan fingerprint density at radius 1 is 1.09 bits per heavy atom. The van der Waals surface area contributed by atoms with Gasteiger partial charge in [0.25, 0.3) is 5.82 Å². The minimum Gasteiger partial charge on any atom is -0.461 e. The van der Waals surface area contributed by atoms with Gasteiger partial charge in [0.05, 0.1) is 26.7 Å². The minimum absolute atomic E-state index is 0.353. The van der Waals surface area contributed by atoms with E-state index < -0.39 is 18.7 Å². The van der Waals surface area contributed by atoms with Gasteiger partial charge in [0.15, 0.2) is 0 Å². The second kappa shape index (κ2) is 7.53. The Labute approximate surface area is 125 Å². The number of halogens is 7. The van der Waals surface area contributed by atoms with Crippen molar-refractivity contribution in [3.8, 4) is 5.97 Å². The molecule has 1 fully saturated rings. The first-order valence-electron chi connectivity index (χ1n) is 7.04. The van der Waals surface area contributed by atoms with Crippen LogP contribution in [-0.4, -0.2) is 49.9 Å². The molecule has 1 aliphatic heterocycles. The first-order valence-corrected chi connectivity index (χ1v) is 7.04. The molecule has 0 unspecified atom stereocenters. The lowest BCUT2D eigenvalue weighted by Crippen LogP contribution is -2.55. The van der Waals surface area contributed by atoms with E-state index in [1.165, 1.54) is 49.8 Å². The molecule has 1 heterocycles. The summed E-state index contributed by atoms with van der Waals surface area (Å²) in [6.07, 6.45) is -0.711. The highest BCUT2D eigenvalue weighted by Crippen LogP contribution is 2.43. The molecule has 0 aromatic heterocycles. The van der Waals surface area contributed by atoms with Crippen LogP contribution in [0.15, 0.2) is 0 Å². The molecule has 0 spiro atoms. The van der Waals surface area contributed by atoms with Crippen molar-refractivity contribution < 1.29 is 35.1 Å². The summed E-state index contributed by atoms with van der Waals surface area (Å²) in [7, 11) is 2.41. The zero-order chi connectivity index (χ0) is 17.7. The van der Waals surface area contributed by atoms with Gasteiger partial charge in [0.1, 0.15) is 0 Å². The molecule has 10 heteroatoms. The monoisotopic (exact) mass is 336 g/mol. The number of unbranched alkanes of at least 4 members (excludes halogenated alkanes) is 1. The van der Waals surface area contributed by atoms with Gasteiger partial charge in [-0.05, 0) is 6.42 Å². The lowest BCUT2D eigenvalue weighted by atomic mass is 9.59. The lowest BCUT2D eigenvalue weighted by Gasteiger charge is -2.29. The van der Waals surface area contributed by atoms with Crippen molar-refractivity contribution in [2.75, 3.05) is 26.7 Å². The molecular formula is C12H20BF7N2. The summed E-state index contributed by atoms with van der Waals surface area (Å²) >= 11 is 0. The first-order chi connectivity index (χ1) is 9.83. The number of nitrogens with zero attached hydrogens (tertiary/aromatic N) is 2. The highest BCUT2D eigenvalue weighted by molar-refractivity contribution is 6.76. The molecule has 0 radical (unpaired) electrons. The summed E-state index contributed by atoms with van der Waals surface area (Å²) in [5.74, 6) is -6.60. The summed E-state index contributed by atoms with van der Waals surface area (Å²) in [6.45, 7) is 0.165. The molecule has 1 rings (SSSR count). The van der Waals surface area contributed by atoms with Crippen LogP contribution in [0.2, 0.25) is 0 Å². The maximum atomic E-state index is 11.7. The van der Waals surface area contributed by atoms with Gasteiger partial charge in [0.2, 0.25) is 0 Å². The van der Waals surface area contributed by atoms with Gasteiger partial charge in [0, 0.05) is 12.8 Å². The Bertz CT molecular complexity index is 384. The van der Waals surface area contributed by atoms with E-state index in [0.29, 0.717) is 0 Å². The number of alkyl halides is 5. The lowest BCUT2D eigenvalue weighted by molar-refractivity contribution is -0.897. The van der Waals surface area contributed by atoms with E-state index >= 15 is 0 Å². The van der Waals surface area contributed by atoms with Gasteiger partial charge >= 0.3 is 12.9 Å². The van der Waals surface area contributed by atoms with Crippen LogP contribution in [0, 0.1) is 11.2 Å². The van der Waals surface area contributed by atoms with E-state index in [4.69, 9.17) is 5.26 Å². The molecule has 0 atom stereocenters. The van der Waals surface area contributed by atoms with Crippen LogP contribution in [0.4, 0.5) is 30.6 Å². The molecule has 0 aliphatic carbocycles. The third kappa shape index (κ3) is 5.34. The van der Waals surface area contributed by atoms with Crippen LogP contribution in [-0.2, 0) is 0 Å². The van der Waals surface area contributed by atoms with E-state index in [9.17, 15) is 30.6 Å². The minimum atomic E-state index is -6.40. The molecule has 0 aromatic rings. The van der Waals surface area contributed by atoms with Crippen molar-refractivity contribution in [3.63, 3.8) is 0 Å². The van der Waals surface area contributed by atoms with Crippen LogP contribution in [0.1, 0.15) is 32.6 Å². The van der Waals surface area contributed by atoms with Crippen molar-refractivity contribution in [1.82, 2.24) is 0 Å². The van der Waals surface area contributed by atoms with Gasteiger partial charge in [-0.2, -0.15) is 13.2 Å². The predicted molar refractivity (Wildman–Crippen MR) is 69.5 cm³/mol. The van der Waals surface area contributed by atoms with Gasteiger partial charge in [-0.15, -0.1) is 0 Å². The number of quaternary nitrogens is 1. The highest BCUT2D eigenvalue weighted by Gasteiger charge is 2.68. The predicted octanol–water partition coefficient (Wildman–Crippen LogP) is 4.19. The fraction of sp³-hybridized carbons (Fsp3) is 0.917. The smallest absolute Gasteiger partial charge is 0.461 e.